The molecule has 1 saturated heterocycles. The Hall–Kier alpha value is -2.02. The van der Waals surface area contributed by atoms with Crippen molar-refractivity contribution in [3.05, 3.63) is 35.9 Å². The third-order valence-electron chi connectivity index (χ3n) is 3.69. The van der Waals surface area contributed by atoms with Gasteiger partial charge in [0, 0.05) is 6.42 Å². The lowest BCUT2D eigenvalue weighted by molar-refractivity contribution is -0.145. The van der Waals surface area contributed by atoms with Crippen molar-refractivity contribution in [1.29, 1.82) is 0 Å². The highest BCUT2D eigenvalue weighted by atomic mass is 32.2. The van der Waals surface area contributed by atoms with Crippen LogP contribution in [0.2, 0.25) is 0 Å². The van der Waals surface area contributed by atoms with Gasteiger partial charge in [-0.3, -0.25) is 18.6 Å². The zero-order valence-corrected chi connectivity index (χ0v) is 13.7. The van der Waals surface area contributed by atoms with E-state index in [9.17, 15) is 18.6 Å². The first-order valence-electron chi connectivity index (χ1n) is 7.30. The second-order valence-corrected chi connectivity index (χ2v) is 6.90. The Kier molecular flexibility index (Phi) is 6.04. The molecule has 0 aromatic heterocycles. The van der Waals surface area contributed by atoms with Gasteiger partial charge in [-0.1, -0.05) is 30.3 Å². The number of rotatable bonds is 8. The number of carbonyl (C=O) groups excluding carboxylic acids is 3. The molecular formula is C16H19NO5S. The smallest absolute Gasteiger partial charge is 0.318 e. The Morgan fingerprint density at radius 2 is 2.00 bits per heavy atom. The second kappa shape index (κ2) is 8.01. The van der Waals surface area contributed by atoms with Gasteiger partial charge in [0.05, 0.1) is 30.9 Å². The molecule has 1 fully saturated rings. The van der Waals surface area contributed by atoms with E-state index in [1.165, 1.54) is 12.0 Å². The number of aryl methyl sites for hydroxylation is 1. The molecule has 0 N–H and O–H groups in total. The van der Waals surface area contributed by atoms with E-state index >= 15 is 0 Å². The number of amides is 1. The lowest BCUT2D eigenvalue weighted by atomic mass is 10.1. The molecule has 7 heteroatoms. The van der Waals surface area contributed by atoms with Gasteiger partial charge in [0.25, 0.3) is 0 Å². The molecule has 2 unspecified atom stereocenters. The summed E-state index contributed by atoms with van der Waals surface area (Å²) in [7, 11) is -0.318. The number of ether oxygens (including phenoxy) is 1. The summed E-state index contributed by atoms with van der Waals surface area (Å²) in [4.78, 5) is 36.1. The van der Waals surface area contributed by atoms with Gasteiger partial charge >= 0.3 is 5.97 Å². The van der Waals surface area contributed by atoms with Crippen LogP contribution in [0.25, 0.3) is 0 Å². The molecule has 1 aromatic rings. The van der Waals surface area contributed by atoms with Crippen molar-refractivity contribution < 1.29 is 23.3 Å². The lowest BCUT2D eigenvalue weighted by Gasteiger charge is -2.38. The van der Waals surface area contributed by atoms with E-state index in [0.29, 0.717) is 12.8 Å². The Morgan fingerprint density at radius 1 is 1.30 bits per heavy atom. The maximum absolute atomic E-state index is 12.0. The minimum absolute atomic E-state index is 0.0523. The number of nitrogens with zero attached hydrogens (tertiary/aromatic N) is 1. The van der Waals surface area contributed by atoms with E-state index in [2.05, 4.69) is 4.74 Å². The Labute approximate surface area is 137 Å². The second-order valence-electron chi connectivity index (χ2n) is 5.31. The van der Waals surface area contributed by atoms with Crippen LogP contribution in [0, 0.1) is 0 Å². The summed E-state index contributed by atoms with van der Waals surface area (Å²) in [6.07, 6.45) is 1.04. The molecule has 1 heterocycles. The summed E-state index contributed by atoms with van der Waals surface area (Å²) >= 11 is 0. The molecule has 1 aliphatic rings. The summed E-state index contributed by atoms with van der Waals surface area (Å²) in [5.41, 5.74) is 1.06. The highest BCUT2D eigenvalue weighted by Gasteiger charge is 2.41. The minimum atomic E-state index is -1.54. The SMILES string of the molecule is COC(=O)CS(=O)C1CC(=O)N1CC(=O)CCc1ccccc1. The number of hydrogen-bond acceptors (Lipinski definition) is 5. The topological polar surface area (TPSA) is 80.8 Å². The molecule has 1 aromatic carbocycles. The highest BCUT2D eigenvalue weighted by Crippen LogP contribution is 2.22. The highest BCUT2D eigenvalue weighted by molar-refractivity contribution is 7.86. The Balaban J connectivity index is 1.83. The van der Waals surface area contributed by atoms with Crippen molar-refractivity contribution in [2.75, 3.05) is 19.4 Å². The van der Waals surface area contributed by atoms with Gasteiger partial charge in [0.2, 0.25) is 5.91 Å². The van der Waals surface area contributed by atoms with Gasteiger partial charge in [0.15, 0.2) is 5.78 Å². The largest absolute Gasteiger partial charge is 0.468 e. The third kappa shape index (κ3) is 4.72. The molecule has 23 heavy (non-hydrogen) atoms. The number of hydrogen-bond donors (Lipinski definition) is 0. The molecule has 0 aliphatic carbocycles. The standard InChI is InChI=1S/C16H19NO5S/c1-22-16(20)11-23(21)15-9-14(19)17(15)10-13(18)8-7-12-5-3-2-4-6-12/h2-6,15H,7-11H2,1H3. The summed E-state index contributed by atoms with van der Waals surface area (Å²) in [6, 6.07) is 9.60. The van der Waals surface area contributed by atoms with Crippen molar-refractivity contribution in [3.8, 4) is 0 Å². The fourth-order valence-electron chi connectivity index (χ4n) is 2.32. The number of esters is 1. The lowest BCUT2D eigenvalue weighted by Crippen LogP contribution is -2.57. The quantitative estimate of drug-likeness (QED) is 0.514. The van der Waals surface area contributed by atoms with Crippen LogP contribution in [0.4, 0.5) is 0 Å². The zero-order chi connectivity index (χ0) is 16.8. The van der Waals surface area contributed by atoms with Gasteiger partial charge < -0.3 is 9.64 Å². The van der Waals surface area contributed by atoms with Crippen molar-refractivity contribution in [1.82, 2.24) is 4.90 Å². The fraction of sp³-hybridized carbons (Fsp3) is 0.438. The number of benzene rings is 1. The molecule has 1 aliphatic heterocycles. The van der Waals surface area contributed by atoms with Crippen molar-refractivity contribution in [2.24, 2.45) is 0 Å². The van der Waals surface area contributed by atoms with Gasteiger partial charge in [-0.05, 0) is 12.0 Å². The van der Waals surface area contributed by atoms with Gasteiger partial charge in [0.1, 0.15) is 11.1 Å². The van der Waals surface area contributed by atoms with Gasteiger partial charge in [-0.15, -0.1) is 0 Å². The summed E-state index contributed by atoms with van der Waals surface area (Å²) in [5, 5.41) is -0.567. The predicted molar refractivity (Wildman–Crippen MR) is 84.9 cm³/mol. The van der Waals surface area contributed by atoms with E-state index in [4.69, 9.17) is 0 Å². The van der Waals surface area contributed by atoms with Gasteiger partial charge in [-0.25, -0.2) is 0 Å². The summed E-state index contributed by atoms with van der Waals surface area (Å²) in [6.45, 7) is -0.0523. The monoisotopic (exact) mass is 337 g/mol. The number of likely N-dealkylation sites (tertiary alicyclic amines) is 1. The van der Waals surface area contributed by atoms with Crippen LogP contribution in [0.1, 0.15) is 18.4 Å². The summed E-state index contributed by atoms with van der Waals surface area (Å²) < 4.78 is 16.5. The van der Waals surface area contributed by atoms with E-state index in [0.717, 1.165) is 5.56 Å². The van der Waals surface area contributed by atoms with E-state index in [-0.39, 0.29) is 30.4 Å². The molecule has 0 saturated carbocycles. The van der Waals surface area contributed by atoms with Crippen LogP contribution in [-0.4, -0.2) is 51.5 Å². The first-order valence-corrected chi connectivity index (χ1v) is 8.68. The van der Waals surface area contributed by atoms with Crippen molar-refractivity contribution in [3.63, 3.8) is 0 Å². The predicted octanol–water partition coefficient (Wildman–Crippen LogP) is 0.668. The number of ketones is 1. The van der Waals surface area contributed by atoms with E-state index in [1.54, 1.807) is 0 Å². The molecule has 2 atom stereocenters. The van der Waals surface area contributed by atoms with Crippen LogP contribution in [0.15, 0.2) is 30.3 Å². The first-order chi connectivity index (χ1) is 11.0. The Morgan fingerprint density at radius 3 is 2.61 bits per heavy atom. The molecule has 124 valence electrons. The van der Waals surface area contributed by atoms with Crippen molar-refractivity contribution in [2.45, 2.75) is 24.6 Å². The molecule has 0 spiro atoms. The van der Waals surface area contributed by atoms with Crippen LogP contribution < -0.4 is 0 Å². The average molecular weight is 337 g/mol. The van der Waals surface area contributed by atoms with Crippen molar-refractivity contribution >= 4 is 28.5 Å². The van der Waals surface area contributed by atoms with Crippen LogP contribution >= 0.6 is 0 Å². The number of β-lactam (4-membered cyclic amide) rings is 1. The minimum Gasteiger partial charge on any atom is -0.468 e. The summed E-state index contributed by atoms with van der Waals surface area (Å²) in [5.74, 6) is -1.13. The molecule has 2 rings (SSSR count). The van der Waals surface area contributed by atoms with E-state index < -0.39 is 22.1 Å². The maximum Gasteiger partial charge on any atom is 0.318 e. The first kappa shape index (κ1) is 17.3. The average Bonchev–Trinajstić information content (AvgIpc) is 2.56. The molecule has 0 radical (unpaired) electrons. The zero-order valence-electron chi connectivity index (χ0n) is 12.9. The normalized spacial score (nSPS) is 18.2. The number of Topliss-reactive ketones (excluding diaryl/α,β-unsaturated/α-hetero) is 1. The number of methoxy groups -OCH3 is 1. The van der Waals surface area contributed by atoms with Gasteiger partial charge in [-0.2, -0.15) is 0 Å². The molecule has 6 nitrogen and oxygen atoms in total. The number of carbonyl (C=O) groups is 3. The molecule has 0 bridgehead atoms. The van der Waals surface area contributed by atoms with Crippen LogP contribution in [0.3, 0.4) is 0 Å². The fourth-order valence-corrected chi connectivity index (χ4v) is 3.67. The van der Waals surface area contributed by atoms with Crippen LogP contribution in [-0.2, 0) is 36.3 Å². The maximum atomic E-state index is 12.0. The Bertz CT molecular complexity index is 616. The third-order valence-corrected chi connectivity index (χ3v) is 5.24. The van der Waals surface area contributed by atoms with Crippen LogP contribution in [0.5, 0.6) is 0 Å². The molecule has 1 amide bonds. The van der Waals surface area contributed by atoms with E-state index in [1.807, 2.05) is 30.3 Å². The molecular weight excluding hydrogens is 318 g/mol.